The molecule has 3 heterocycles. The monoisotopic (exact) mass is 416 g/mol. The number of H-pyrrole nitrogens is 1. The van der Waals surface area contributed by atoms with Gasteiger partial charge in [-0.3, -0.25) is 9.69 Å². The van der Waals surface area contributed by atoms with Gasteiger partial charge in [-0.15, -0.1) is 0 Å². The van der Waals surface area contributed by atoms with Crippen LogP contribution in [0.4, 0.5) is 0 Å². The normalized spacial score (nSPS) is 14.2. The van der Waals surface area contributed by atoms with Gasteiger partial charge >= 0.3 is 0 Å². The predicted molar refractivity (Wildman–Crippen MR) is 122 cm³/mol. The van der Waals surface area contributed by atoms with Crippen molar-refractivity contribution in [1.29, 1.82) is 0 Å². The number of aromatic nitrogens is 3. The SMILES string of the molecule is CSc1nc2c(c(=O)[nH]1)CN(Cc1cn(Cc3ccccc3)c3ccccc13)CC2. The van der Waals surface area contributed by atoms with Gasteiger partial charge in [0, 0.05) is 49.7 Å². The van der Waals surface area contributed by atoms with E-state index in [0.717, 1.165) is 37.3 Å². The summed E-state index contributed by atoms with van der Waals surface area (Å²) in [6.07, 6.45) is 5.02. The number of rotatable bonds is 5. The van der Waals surface area contributed by atoms with E-state index in [-0.39, 0.29) is 5.56 Å². The van der Waals surface area contributed by atoms with E-state index in [1.807, 2.05) is 6.26 Å². The molecular formula is C24H24N4OS. The third-order valence-electron chi connectivity index (χ3n) is 5.78. The van der Waals surface area contributed by atoms with Crippen LogP contribution in [0.1, 0.15) is 22.4 Å². The molecule has 0 spiro atoms. The van der Waals surface area contributed by atoms with Crippen molar-refractivity contribution in [3.05, 3.63) is 93.5 Å². The van der Waals surface area contributed by atoms with Crippen LogP contribution in [-0.4, -0.2) is 32.2 Å². The number of aromatic amines is 1. The molecule has 0 amide bonds. The van der Waals surface area contributed by atoms with Crippen molar-refractivity contribution in [2.75, 3.05) is 12.8 Å². The van der Waals surface area contributed by atoms with Crippen molar-refractivity contribution >= 4 is 22.7 Å². The Hall–Kier alpha value is -2.83. The van der Waals surface area contributed by atoms with Gasteiger partial charge in [0.15, 0.2) is 5.16 Å². The van der Waals surface area contributed by atoms with Crippen molar-refractivity contribution < 1.29 is 0 Å². The molecule has 1 aliphatic heterocycles. The lowest BCUT2D eigenvalue weighted by Crippen LogP contribution is -2.35. The van der Waals surface area contributed by atoms with Crippen molar-refractivity contribution in [2.24, 2.45) is 0 Å². The van der Waals surface area contributed by atoms with Gasteiger partial charge in [-0.2, -0.15) is 0 Å². The number of benzene rings is 2. The molecule has 30 heavy (non-hydrogen) atoms. The smallest absolute Gasteiger partial charge is 0.256 e. The Morgan fingerprint density at radius 3 is 2.70 bits per heavy atom. The fourth-order valence-electron chi connectivity index (χ4n) is 4.29. The molecule has 2 aromatic carbocycles. The van der Waals surface area contributed by atoms with Crippen LogP contribution >= 0.6 is 11.8 Å². The summed E-state index contributed by atoms with van der Waals surface area (Å²) in [6, 6.07) is 19.1. The Kier molecular flexibility index (Phi) is 5.19. The second-order valence-electron chi connectivity index (χ2n) is 7.75. The Balaban J connectivity index is 1.43. The molecule has 0 unspecified atom stereocenters. The zero-order chi connectivity index (χ0) is 20.5. The molecule has 0 atom stereocenters. The summed E-state index contributed by atoms with van der Waals surface area (Å²) in [7, 11) is 0. The van der Waals surface area contributed by atoms with E-state index in [1.165, 1.54) is 33.8 Å². The first-order valence-electron chi connectivity index (χ1n) is 10.2. The van der Waals surface area contributed by atoms with Crippen LogP contribution in [0, 0.1) is 0 Å². The second kappa shape index (κ2) is 8.13. The van der Waals surface area contributed by atoms with Gasteiger partial charge in [0.05, 0.1) is 11.3 Å². The van der Waals surface area contributed by atoms with Crippen LogP contribution < -0.4 is 5.56 Å². The summed E-state index contributed by atoms with van der Waals surface area (Å²) in [5.74, 6) is 0. The van der Waals surface area contributed by atoms with E-state index in [2.05, 4.69) is 80.2 Å². The molecule has 0 saturated carbocycles. The lowest BCUT2D eigenvalue weighted by molar-refractivity contribution is 0.241. The zero-order valence-corrected chi connectivity index (χ0v) is 17.8. The van der Waals surface area contributed by atoms with Gasteiger partial charge < -0.3 is 9.55 Å². The highest BCUT2D eigenvalue weighted by Gasteiger charge is 2.22. The number of hydrogen-bond acceptors (Lipinski definition) is 4. The number of para-hydroxylation sites is 1. The predicted octanol–water partition coefficient (Wildman–Crippen LogP) is 4.05. The second-order valence-corrected chi connectivity index (χ2v) is 8.54. The highest BCUT2D eigenvalue weighted by Crippen LogP contribution is 2.26. The highest BCUT2D eigenvalue weighted by atomic mass is 32.2. The fraction of sp³-hybridized carbons (Fsp3) is 0.250. The molecule has 4 aromatic rings. The minimum absolute atomic E-state index is 0.000515. The van der Waals surface area contributed by atoms with Crippen molar-refractivity contribution in [3.63, 3.8) is 0 Å². The van der Waals surface area contributed by atoms with E-state index >= 15 is 0 Å². The third kappa shape index (κ3) is 3.68. The topological polar surface area (TPSA) is 53.9 Å². The Morgan fingerprint density at radius 2 is 1.87 bits per heavy atom. The number of nitrogens with zero attached hydrogens (tertiary/aromatic N) is 3. The largest absolute Gasteiger partial charge is 0.343 e. The van der Waals surface area contributed by atoms with Gasteiger partial charge in [0.2, 0.25) is 0 Å². The summed E-state index contributed by atoms with van der Waals surface area (Å²) in [6.45, 7) is 3.23. The van der Waals surface area contributed by atoms with Crippen LogP contribution in [0.2, 0.25) is 0 Å². The number of hydrogen-bond donors (Lipinski definition) is 1. The summed E-state index contributed by atoms with van der Waals surface area (Å²) in [5, 5.41) is 1.99. The van der Waals surface area contributed by atoms with Gasteiger partial charge in [0.1, 0.15) is 0 Å². The minimum atomic E-state index is 0.000515. The first kappa shape index (κ1) is 19.2. The fourth-order valence-corrected chi connectivity index (χ4v) is 4.69. The Morgan fingerprint density at radius 1 is 1.07 bits per heavy atom. The van der Waals surface area contributed by atoms with Gasteiger partial charge in [-0.25, -0.2) is 4.98 Å². The molecule has 0 saturated heterocycles. The first-order valence-corrected chi connectivity index (χ1v) is 11.4. The van der Waals surface area contributed by atoms with E-state index in [4.69, 9.17) is 0 Å². The molecular weight excluding hydrogens is 392 g/mol. The molecule has 1 N–H and O–H groups in total. The number of nitrogens with one attached hydrogen (secondary N) is 1. The van der Waals surface area contributed by atoms with Crippen molar-refractivity contribution in [2.45, 2.75) is 31.2 Å². The number of fused-ring (bicyclic) bond motifs is 2. The first-order chi connectivity index (χ1) is 14.7. The maximum Gasteiger partial charge on any atom is 0.256 e. The Bertz CT molecular complexity index is 1250. The molecule has 1 aliphatic rings. The van der Waals surface area contributed by atoms with Crippen molar-refractivity contribution in [3.8, 4) is 0 Å². The quantitative estimate of drug-likeness (QED) is 0.394. The third-order valence-corrected chi connectivity index (χ3v) is 6.36. The van der Waals surface area contributed by atoms with Crippen LogP contribution in [0.15, 0.2) is 70.7 Å². The van der Waals surface area contributed by atoms with Crippen LogP contribution in [0.3, 0.4) is 0 Å². The molecule has 0 fully saturated rings. The van der Waals surface area contributed by atoms with E-state index in [0.29, 0.717) is 11.7 Å². The molecule has 0 aliphatic carbocycles. The lowest BCUT2D eigenvalue weighted by atomic mass is 10.1. The molecule has 152 valence electrons. The van der Waals surface area contributed by atoms with Crippen molar-refractivity contribution in [1.82, 2.24) is 19.4 Å². The highest BCUT2D eigenvalue weighted by molar-refractivity contribution is 7.98. The van der Waals surface area contributed by atoms with Gasteiger partial charge in [-0.1, -0.05) is 60.3 Å². The molecule has 0 bridgehead atoms. The Labute approximate surface area is 179 Å². The average Bonchev–Trinajstić information content (AvgIpc) is 3.12. The lowest BCUT2D eigenvalue weighted by Gasteiger charge is -2.27. The average molecular weight is 417 g/mol. The maximum atomic E-state index is 12.5. The van der Waals surface area contributed by atoms with Gasteiger partial charge in [-0.05, 0) is 23.4 Å². The maximum absolute atomic E-state index is 12.5. The van der Waals surface area contributed by atoms with E-state index in [9.17, 15) is 4.79 Å². The molecule has 0 radical (unpaired) electrons. The molecule has 5 nitrogen and oxygen atoms in total. The minimum Gasteiger partial charge on any atom is -0.343 e. The van der Waals surface area contributed by atoms with Gasteiger partial charge in [0.25, 0.3) is 5.56 Å². The van der Waals surface area contributed by atoms with Crippen LogP contribution in [0.25, 0.3) is 10.9 Å². The van der Waals surface area contributed by atoms with Crippen LogP contribution in [0.5, 0.6) is 0 Å². The molecule has 5 rings (SSSR count). The summed E-state index contributed by atoms with van der Waals surface area (Å²) in [4.78, 5) is 22.4. The standard InChI is InChI=1S/C24H24N4OS/c1-30-24-25-21-11-12-27(16-20(21)23(29)26-24)14-18-15-28(13-17-7-3-2-4-8-17)22-10-6-5-9-19(18)22/h2-10,15H,11-14,16H2,1H3,(H,25,26,29). The number of thioether (sulfide) groups is 1. The zero-order valence-electron chi connectivity index (χ0n) is 17.0. The van der Waals surface area contributed by atoms with E-state index < -0.39 is 0 Å². The summed E-state index contributed by atoms with van der Waals surface area (Å²) in [5.41, 5.74) is 5.60. The van der Waals surface area contributed by atoms with E-state index in [1.54, 1.807) is 0 Å². The summed E-state index contributed by atoms with van der Waals surface area (Å²) < 4.78 is 2.33. The molecule has 2 aromatic heterocycles. The summed E-state index contributed by atoms with van der Waals surface area (Å²) >= 11 is 1.48. The van der Waals surface area contributed by atoms with Crippen LogP contribution in [-0.2, 0) is 26.1 Å². The molecule has 6 heteroatoms.